The minimum absolute atomic E-state index is 0.0284. The second-order valence-corrected chi connectivity index (χ2v) is 8.35. The number of carbonyl (C=O) groups is 2. The number of carbonyl (C=O) groups excluding carboxylic acids is 2. The van der Waals surface area contributed by atoms with E-state index in [1.807, 2.05) is 0 Å². The van der Waals surface area contributed by atoms with E-state index < -0.39 is 17.2 Å². The van der Waals surface area contributed by atoms with Crippen LogP contribution < -0.4 is 10.6 Å². The molecule has 2 aromatic carbocycles. The van der Waals surface area contributed by atoms with Gasteiger partial charge in [0.1, 0.15) is 5.69 Å². The summed E-state index contributed by atoms with van der Waals surface area (Å²) in [4.78, 5) is 29.2. The van der Waals surface area contributed by atoms with Gasteiger partial charge in [-0.25, -0.2) is 4.98 Å². The number of rotatable bonds is 8. The summed E-state index contributed by atoms with van der Waals surface area (Å²) in [6, 6.07) is 12.1. The summed E-state index contributed by atoms with van der Waals surface area (Å²) in [5.74, 6) is -0.328. The van der Waals surface area contributed by atoms with Gasteiger partial charge in [-0.05, 0) is 42.7 Å². The van der Waals surface area contributed by atoms with Crippen LogP contribution >= 0.6 is 0 Å². The lowest BCUT2D eigenvalue weighted by molar-refractivity contribution is -0.137. The van der Waals surface area contributed by atoms with Crippen LogP contribution in [0.15, 0.2) is 61.1 Å². The Morgan fingerprint density at radius 2 is 1.79 bits per heavy atom. The molecule has 0 bridgehead atoms. The molecule has 1 amide bonds. The number of imidazole rings is 1. The first kappa shape index (κ1) is 22.6. The zero-order chi connectivity index (χ0) is 23.6. The van der Waals surface area contributed by atoms with Crippen molar-refractivity contribution in [3.8, 4) is 0 Å². The van der Waals surface area contributed by atoms with Crippen molar-refractivity contribution in [2.24, 2.45) is 12.5 Å². The van der Waals surface area contributed by atoms with Crippen molar-refractivity contribution in [1.82, 2.24) is 14.9 Å². The lowest BCUT2D eigenvalue weighted by Crippen LogP contribution is -2.33. The number of nitrogens with zero attached hydrogens (tertiary/aromatic N) is 2. The first-order valence-corrected chi connectivity index (χ1v) is 10.5. The summed E-state index contributed by atoms with van der Waals surface area (Å²) in [5, 5.41) is 5.67. The van der Waals surface area contributed by atoms with E-state index in [4.69, 9.17) is 0 Å². The molecular weight excluding hydrogens is 433 g/mol. The van der Waals surface area contributed by atoms with Gasteiger partial charge in [-0.15, -0.1) is 0 Å². The van der Waals surface area contributed by atoms with E-state index in [1.165, 1.54) is 18.2 Å². The Kier molecular flexibility index (Phi) is 5.97. The molecule has 0 saturated heterocycles. The third-order valence-corrected chi connectivity index (χ3v) is 5.74. The minimum atomic E-state index is -4.45. The number of aromatic nitrogens is 2. The second-order valence-electron chi connectivity index (χ2n) is 8.35. The van der Waals surface area contributed by atoms with E-state index in [0.717, 1.165) is 11.6 Å². The van der Waals surface area contributed by atoms with Crippen LogP contribution in [0.4, 0.5) is 24.5 Å². The van der Waals surface area contributed by atoms with Crippen molar-refractivity contribution in [2.45, 2.75) is 32.0 Å². The Morgan fingerprint density at radius 1 is 1.09 bits per heavy atom. The summed E-state index contributed by atoms with van der Waals surface area (Å²) >= 11 is 0. The summed E-state index contributed by atoms with van der Waals surface area (Å²) in [7, 11) is 1.78. The number of amides is 1. The molecule has 0 aliphatic heterocycles. The van der Waals surface area contributed by atoms with Crippen LogP contribution in [0.3, 0.4) is 0 Å². The molecule has 0 radical (unpaired) electrons. The first-order chi connectivity index (χ1) is 15.7. The highest BCUT2D eigenvalue weighted by Gasteiger charge is 2.51. The number of alkyl halides is 3. The van der Waals surface area contributed by atoms with E-state index >= 15 is 0 Å². The zero-order valence-corrected chi connectivity index (χ0v) is 17.9. The van der Waals surface area contributed by atoms with Gasteiger partial charge in [0.25, 0.3) is 0 Å². The van der Waals surface area contributed by atoms with E-state index in [9.17, 15) is 22.8 Å². The Bertz CT molecular complexity index is 1160. The highest BCUT2D eigenvalue weighted by Crippen LogP contribution is 2.49. The number of ketones is 1. The molecule has 1 aliphatic rings. The second kappa shape index (κ2) is 8.73. The van der Waals surface area contributed by atoms with Crippen molar-refractivity contribution in [3.63, 3.8) is 0 Å². The van der Waals surface area contributed by atoms with Crippen molar-refractivity contribution < 1.29 is 22.8 Å². The fourth-order valence-electron chi connectivity index (χ4n) is 3.66. The molecule has 33 heavy (non-hydrogen) atoms. The fourth-order valence-corrected chi connectivity index (χ4v) is 3.66. The van der Waals surface area contributed by atoms with E-state index in [-0.39, 0.29) is 30.3 Å². The van der Waals surface area contributed by atoms with Gasteiger partial charge in [0.2, 0.25) is 5.91 Å². The summed E-state index contributed by atoms with van der Waals surface area (Å²) < 4.78 is 41.2. The van der Waals surface area contributed by atoms with Gasteiger partial charge in [0, 0.05) is 31.9 Å². The number of nitrogens with one attached hydrogen (secondary N) is 2. The normalized spacial score (nSPS) is 14.5. The first-order valence-electron chi connectivity index (χ1n) is 10.5. The Balaban J connectivity index is 1.34. The number of hydrogen-bond donors (Lipinski definition) is 2. The molecule has 1 aliphatic carbocycles. The molecule has 1 saturated carbocycles. The Morgan fingerprint density at radius 3 is 2.39 bits per heavy atom. The van der Waals surface area contributed by atoms with Gasteiger partial charge in [-0.2, -0.15) is 13.2 Å². The lowest BCUT2D eigenvalue weighted by atomic mass is 9.97. The van der Waals surface area contributed by atoms with Crippen molar-refractivity contribution in [3.05, 3.63) is 77.9 Å². The van der Waals surface area contributed by atoms with E-state index in [2.05, 4.69) is 15.6 Å². The van der Waals surface area contributed by atoms with Crippen LogP contribution in [-0.2, 0) is 24.6 Å². The zero-order valence-electron chi connectivity index (χ0n) is 17.9. The van der Waals surface area contributed by atoms with Crippen molar-refractivity contribution >= 4 is 23.1 Å². The molecule has 172 valence electrons. The average molecular weight is 456 g/mol. The highest BCUT2D eigenvalue weighted by molar-refractivity contribution is 5.99. The molecule has 1 heterocycles. The Hall–Kier alpha value is -3.62. The van der Waals surface area contributed by atoms with Crippen LogP contribution in [0.2, 0.25) is 0 Å². The van der Waals surface area contributed by atoms with Crippen LogP contribution in [0.1, 0.15) is 40.9 Å². The maximum absolute atomic E-state index is 13.2. The Labute approximate surface area is 188 Å². The number of halogens is 3. The topological polar surface area (TPSA) is 76.0 Å². The van der Waals surface area contributed by atoms with Gasteiger partial charge in [-0.1, -0.05) is 24.3 Å². The van der Waals surface area contributed by atoms with Crippen LogP contribution in [0, 0.1) is 5.41 Å². The van der Waals surface area contributed by atoms with Gasteiger partial charge in [0.05, 0.1) is 23.0 Å². The molecule has 1 fully saturated rings. The predicted octanol–water partition coefficient (Wildman–Crippen LogP) is 4.85. The molecule has 0 unspecified atom stereocenters. The highest BCUT2D eigenvalue weighted by atomic mass is 19.4. The smallest absolute Gasteiger partial charge is 0.355 e. The maximum atomic E-state index is 13.2. The number of aryl methyl sites for hydroxylation is 1. The van der Waals surface area contributed by atoms with Crippen LogP contribution in [0.25, 0.3) is 0 Å². The monoisotopic (exact) mass is 456 g/mol. The van der Waals surface area contributed by atoms with Gasteiger partial charge in [0.15, 0.2) is 5.78 Å². The third kappa shape index (κ3) is 5.24. The average Bonchev–Trinajstić information content (AvgIpc) is 3.43. The van der Waals surface area contributed by atoms with E-state index in [1.54, 1.807) is 48.4 Å². The molecule has 4 rings (SSSR count). The maximum Gasteiger partial charge on any atom is 0.418 e. The summed E-state index contributed by atoms with van der Waals surface area (Å²) in [6.45, 7) is 0.262. The minimum Gasteiger partial charge on any atom is -0.355 e. The van der Waals surface area contributed by atoms with Crippen LogP contribution in [-0.4, -0.2) is 21.2 Å². The summed E-state index contributed by atoms with van der Waals surface area (Å²) in [6.07, 6.45) is 0.158. The quantitative estimate of drug-likeness (QED) is 0.475. The number of benzene rings is 2. The molecule has 3 aromatic rings. The van der Waals surface area contributed by atoms with E-state index in [0.29, 0.717) is 24.2 Å². The molecule has 0 atom stereocenters. The van der Waals surface area contributed by atoms with Gasteiger partial charge < -0.3 is 15.2 Å². The summed E-state index contributed by atoms with van der Waals surface area (Å²) in [5.41, 5.74) is 0.200. The van der Waals surface area contributed by atoms with Crippen molar-refractivity contribution in [2.75, 3.05) is 5.32 Å². The predicted molar refractivity (Wildman–Crippen MR) is 117 cm³/mol. The van der Waals surface area contributed by atoms with Crippen LogP contribution in [0.5, 0.6) is 0 Å². The number of para-hydroxylation sites is 1. The molecule has 6 nitrogen and oxygen atoms in total. The number of Topliss-reactive ketones (excluding diaryl/α,β-unsaturated/α-hetero) is 1. The molecule has 2 N–H and O–H groups in total. The van der Waals surface area contributed by atoms with Crippen molar-refractivity contribution in [1.29, 1.82) is 0 Å². The van der Waals surface area contributed by atoms with Gasteiger partial charge in [-0.3, -0.25) is 9.59 Å². The number of anilines is 2. The molecular formula is C24H23F3N4O2. The molecule has 1 aromatic heterocycles. The molecule has 9 heteroatoms. The number of hydrogen-bond acceptors (Lipinski definition) is 4. The standard InChI is InChI=1S/C24H23F3N4O2/c1-31-14-20(29-15-31)21(32)12-23(10-11-23)22(33)28-13-16-6-8-17(9-7-16)30-19-5-3-2-4-18(19)24(25,26)27/h2-9,14-15,30H,10-13H2,1H3,(H,28,33). The lowest BCUT2D eigenvalue weighted by Gasteiger charge is -2.15. The van der Waals surface area contributed by atoms with Gasteiger partial charge >= 0.3 is 6.18 Å². The SMILES string of the molecule is Cn1cnc(C(=O)CC2(C(=O)NCc3ccc(Nc4ccccc4C(F)(F)F)cc3)CC2)c1. The fraction of sp³-hybridized carbons (Fsp3) is 0.292. The largest absolute Gasteiger partial charge is 0.418 e. The molecule has 0 spiro atoms. The third-order valence-electron chi connectivity index (χ3n) is 5.74.